The Labute approximate surface area is 171 Å². The lowest BCUT2D eigenvalue weighted by atomic mass is 10.1. The molecule has 0 aliphatic heterocycles. The second-order valence-electron chi connectivity index (χ2n) is 6.69. The fourth-order valence-electron chi connectivity index (χ4n) is 3.01. The van der Waals surface area contributed by atoms with Crippen LogP contribution < -0.4 is 14.8 Å². The van der Waals surface area contributed by atoms with Crippen molar-refractivity contribution < 1.29 is 9.47 Å². The van der Waals surface area contributed by atoms with Crippen molar-refractivity contribution in [3.8, 4) is 23.0 Å². The largest absolute Gasteiger partial charge is 0.457 e. The van der Waals surface area contributed by atoms with Gasteiger partial charge in [0.1, 0.15) is 23.0 Å². The van der Waals surface area contributed by atoms with E-state index in [1.54, 1.807) is 0 Å². The molecule has 4 rings (SSSR count). The molecule has 3 nitrogen and oxygen atoms in total. The lowest BCUT2D eigenvalue weighted by Crippen LogP contribution is -2.13. The summed E-state index contributed by atoms with van der Waals surface area (Å²) in [5.41, 5.74) is 2.33. The van der Waals surface area contributed by atoms with Gasteiger partial charge in [-0.1, -0.05) is 66.7 Å². The van der Waals surface area contributed by atoms with E-state index in [2.05, 4.69) is 23.5 Å². The van der Waals surface area contributed by atoms with Crippen LogP contribution in [0.4, 0.5) is 0 Å². The highest BCUT2D eigenvalue weighted by molar-refractivity contribution is 5.38. The van der Waals surface area contributed by atoms with Crippen molar-refractivity contribution in [2.75, 3.05) is 0 Å². The Morgan fingerprint density at radius 2 is 1.03 bits per heavy atom. The summed E-state index contributed by atoms with van der Waals surface area (Å²) in [5.74, 6) is 3.39. The summed E-state index contributed by atoms with van der Waals surface area (Å²) in [6.45, 7) is 1.50. The van der Waals surface area contributed by atoms with Crippen LogP contribution in [0.2, 0.25) is 0 Å². The normalized spacial score (nSPS) is 10.5. The van der Waals surface area contributed by atoms with E-state index in [1.807, 2.05) is 91.0 Å². The van der Waals surface area contributed by atoms with Crippen LogP contribution in [0.25, 0.3) is 0 Å². The molecule has 0 aliphatic carbocycles. The smallest absolute Gasteiger partial charge is 0.131 e. The highest BCUT2D eigenvalue weighted by Crippen LogP contribution is 2.25. The van der Waals surface area contributed by atoms with Gasteiger partial charge in [-0.3, -0.25) is 0 Å². The van der Waals surface area contributed by atoms with Crippen molar-refractivity contribution in [2.24, 2.45) is 0 Å². The van der Waals surface area contributed by atoms with Crippen LogP contribution in [0, 0.1) is 0 Å². The molecule has 0 fully saturated rings. The van der Waals surface area contributed by atoms with Gasteiger partial charge >= 0.3 is 0 Å². The van der Waals surface area contributed by atoms with E-state index in [1.165, 1.54) is 5.56 Å². The summed E-state index contributed by atoms with van der Waals surface area (Å²) in [4.78, 5) is 0. The molecule has 0 atom stereocenters. The van der Waals surface area contributed by atoms with Crippen LogP contribution in [0.15, 0.2) is 109 Å². The third kappa shape index (κ3) is 5.47. The van der Waals surface area contributed by atoms with Gasteiger partial charge in [-0.15, -0.1) is 0 Å². The Morgan fingerprint density at radius 3 is 1.72 bits per heavy atom. The van der Waals surface area contributed by atoms with Crippen molar-refractivity contribution in [1.82, 2.24) is 5.32 Å². The van der Waals surface area contributed by atoms with Crippen LogP contribution in [-0.2, 0) is 13.1 Å². The highest BCUT2D eigenvalue weighted by Gasteiger charge is 2.04. The van der Waals surface area contributed by atoms with E-state index >= 15 is 0 Å². The zero-order chi connectivity index (χ0) is 19.7. The van der Waals surface area contributed by atoms with Crippen molar-refractivity contribution in [3.63, 3.8) is 0 Å². The van der Waals surface area contributed by atoms with Crippen molar-refractivity contribution in [1.29, 1.82) is 0 Å². The SMILES string of the molecule is c1ccc(Oc2ccc(CNCc3ccccc3Oc3ccccc3)cc2)cc1. The van der Waals surface area contributed by atoms with Gasteiger partial charge in [0.15, 0.2) is 0 Å². The Morgan fingerprint density at radius 1 is 0.483 bits per heavy atom. The summed E-state index contributed by atoms with van der Waals surface area (Å²) in [6.07, 6.45) is 0. The Bertz CT molecular complexity index is 1020. The topological polar surface area (TPSA) is 30.5 Å². The summed E-state index contributed by atoms with van der Waals surface area (Å²) in [5, 5.41) is 3.49. The molecular formula is C26H23NO2. The zero-order valence-corrected chi connectivity index (χ0v) is 16.1. The molecule has 4 aromatic rings. The third-order valence-corrected chi connectivity index (χ3v) is 4.49. The first-order valence-corrected chi connectivity index (χ1v) is 9.70. The monoisotopic (exact) mass is 381 g/mol. The number of hydrogen-bond acceptors (Lipinski definition) is 3. The predicted molar refractivity (Wildman–Crippen MR) is 116 cm³/mol. The fourth-order valence-corrected chi connectivity index (χ4v) is 3.01. The molecule has 0 unspecified atom stereocenters. The van der Waals surface area contributed by atoms with Crippen LogP contribution >= 0.6 is 0 Å². The van der Waals surface area contributed by atoms with Crippen LogP contribution in [0.3, 0.4) is 0 Å². The first kappa shape index (κ1) is 18.8. The molecule has 0 aromatic heterocycles. The van der Waals surface area contributed by atoms with Crippen LogP contribution in [-0.4, -0.2) is 0 Å². The van der Waals surface area contributed by atoms with E-state index in [-0.39, 0.29) is 0 Å². The van der Waals surface area contributed by atoms with Crippen molar-refractivity contribution in [3.05, 3.63) is 120 Å². The van der Waals surface area contributed by atoms with E-state index < -0.39 is 0 Å². The molecule has 4 aromatic carbocycles. The second kappa shape index (κ2) is 9.58. The number of benzene rings is 4. The molecule has 0 spiro atoms. The Balaban J connectivity index is 1.32. The number of nitrogens with one attached hydrogen (secondary N) is 1. The second-order valence-corrected chi connectivity index (χ2v) is 6.69. The summed E-state index contributed by atoms with van der Waals surface area (Å²) < 4.78 is 11.9. The average molecular weight is 381 g/mol. The molecule has 0 heterocycles. The molecule has 0 radical (unpaired) electrons. The maximum absolute atomic E-state index is 6.03. The standard InChI is InChI=1S/C26H23NO2/c1-3-10-23(11-4-1)28-25-17-15-21(16-18-25)19-27-20-22-9-7-8-14-26(22)29-24-12-5-2-6-13-24/h1-18,27H,19-20H2. The first-order chi connectivity index (χ1) is 14.4. The minimum atomic E-state index is 0.727. The van der Waals surface area contributed by atoms with Gasteiger partial charge in [0.05, 0.1) is 0 Å². The Kier molecular flexibility index (Phi) is 6.21. The van der Waals surface area contributed by atoms with E-state index in [4.69, 9.17) is 9.47 Å². The minimum absolute atomic E-state index is 0.727. The molecule has 0 saturated heterocycles. The molecule has 144 valence electrons. The Hall–Kier alpha value is -3.56. The van der Waals surface area contributed by atoms with Gasteiger partial charge in [0.2, 0.25) is 0 Å². The average Bonchev–Trinajstić information content (AvgIpc) is 2.78. The molecule has 0 bridgehead atoms. The molecule has 3 heteroatoms. The van der Waals surface area contributed by atoms with Gasteiger partial charge in [-0.2, -0.15) is 0 Å². The molecule has 1 N–H and O–H groups in total. The quantitative estimate of drug-likeness (QED) is 0.375. The van der Waals surface area contributed by atoms with E-state index in [0.29, 0.717) is 0 Å². The zero-order valence-electron chi connectivity index (χ0n) is 16.1. The highest BCUT2D eigenvalue weighted by atomic mass is 16.5. The summed E-state index contributed by atoms with van der Waals surface area (Å²) in [6, 6.07) is 35.9. The summed E-state index contributed by atoms with van der Waals surface area (Å²) in [7, 11) is 0. The maximum atomic E-state index is 6.03. The minimum Gasteiger partial charge on any atom is -0.457 e. The fraction of sp³-hybridized carbons (Fsp3) is 0.0769. The lowest BCUT2D eigenvalue weighted by Gasteiger charge is -2.12. The number of hydrogen-bond donors (Lipinski definition) is 1. The summed E-state index contributed by atoms with van der Waals surface area (Å²) >= 11 is 0. The van der Waals surface area contributed by atoms with Crippen molar-refractivity contribution in [2.45, 2.75) is 13.1 Å². The van der Waals surface area contributed by atoms with Gasteiger partial charge in [0.25, 0.3) is 0 Å². The number of ether oxygens (including phenoxy) is 2. The molecule has 0 amide bonds. The van der Waals surface area contributed by atoms with E-state index in [9.17, 15) is 0 Å². The van der Waals surface area contributed by atoms with Gasteiger partial charge < -0.3 is 14.8 Å². The van der Waals surface area contributed by atoms with Gasteiger partial charge in [-0.05, 0) is 48.0 Å². The molecule has 0 saturated carbocycles. The molecular weight excluding hydrogens is 358 g/mol. The van der Waals surface area contributed by atoms with Gasteiger partial charge in [0, 0.05) is 18.7 Å². The number of rotatable bonds is 8. The predicted octanol–water partition coefficient (Wildman–Crippen LogP) is 6.56. The van der Waals surface area contributed by atoms with Gasteiger partial charge in [-0.25, -0.2) is 0 Å². The van der Waals surface area contributed by atoms with Crippen LogP contribution in [0.5, 0.6) is 23.0 Å². The van der Waals surface area contributed by atoms with E-state index in [0.717, 1.165) is 41.7 Å². The molecule has 0 aliphatic rings. The lowest BCUT2D eigenvalue weighted by molar-refractivity contribution is 0.472. The van der Waals surface area contributed by atoms with Crippen molar-refractivity contribution >= 4 is 0 Å². The first-order valence-electron chi connectivity index (χ1n) is 9.70. The maximum Gasteiger partial charge on any atom is 0.131 e. The van der Waals surface area contributed by atoms with Crippen LogP contribution in [0.1, 0.15) is 11.1 Å². The third-order valence-electron chi connectivity index (χ3n) is 4.49. The molecule has 29 heavy (non-hydrogen) atoms. The number of para-hydroxylation sites is 3.